The van der Waals surface area contributed by atoms with Gasteiger partial charge in [-0.25, -0.2) is 9.97 Å². The molecular weight excluding hydrogens is 214 g/mol. The van der Waals surface area contributed by atoms with Crippen molar-refractivity contribution < 1.29 is 5.11 Å². The summed E-state index contributed by atoms with van der Waals surface area (Å²) in [5.41, 5.74) is 0.895. The van der Waals surface area contributed by atoms with E-state index in [0.29, 0.717) is 0 Å². The average Bonchev–Trinajstić information content (AvgIpc) is 2.82. The summed E-state index contributed by atoms with van der Waals surface area (Å²) in [7, 11) is 0. The minimum atomic E-state index is 0.258. The smallest absolute Gasteiger partial charge is 0.142 e. The first kappa shape index (κ1) is 10.5. The van der Waals surface area contributed by atoms with Crippen molar-refractivity contribution in [1.29, 1.82) is 0 Å². The molecule has 1 aliphatic heterocycles. The maximum Gasteiger partial charge on any atom is 0.142 e. The zero-order chi connectivity index (χ0) is 11.7. The molecule has 0 radical (unpaired) electrons. The van der Waals surface area contributed by atoms with Crippen molar-refractivity contribution in [3.63, 3.8) is 0 Å². The fraction of sp³-hybridized carbons (Fsp3) is 0.385. The molecule has 0 spiro atoms. The predicted molar refractivity (Wildman–Crippen MR) is 65.7 cm³/mol. The Balaban J connectivity index is 1.88. The summed E-state index contributed by atoms with van der Waals surface area (Å²) in [6, 6.07) is 5.18. The van der Waals surface area contributed by atoms with Crippen molar-refractivity contribution in [1.82, 2.24) is 14.9 Å². The number of likely N-dealkylation sites (tertiary alicyclic amines) is 1. The number of nitrogens with zero attached hydrogens (tertiary/aromatic N) is 3. The molecule has 1 aromatic carbocycles. The van der Waals surface area contributed by atoms with Gasteiger partial charge in [0.15, 0.2) is 0 Å². The highest BCUT2D eigenvalue weighted by molar-refractivity contribution is 5.79. The Morgan fingerprint density at radius 1 is 1.24 bits per heavy atom. The summed E-state index contributed by atoms with van der Waals surface area (Å²) >= 11 is 0. The van der Waals surface area contributed by atoms with Crippen molar-refractivity contribution >= 4 is 10.9 Å². The lowest BCUT2D eigenvalue weighted by atomic mass is 10.2. The van der Waals surface area contributed by atoms with Crippen LogP contribution in [0.4, 0.5) is 0 Å². The number of benzene rings is 1. The van der Waals surface area contributed by atoms with Gasteiger partial charge in [0.05, 0.1) is 12.1 Å². The molecule has 4 nitrogen and oxygen atoms in total. The molecule has 1 N–H and O–H groups in total. The molecule has 1 saturated heterocycles. The molecular formula is C13H15N3O. The fourth-order valence-corrected chi connectivity index (χ4v) is 2.28. The molecule has 0 amide bonds. The van der Waals surface area contributed by atoms with E-state index in [2.05, 4.69) is 14.9 Å². The summed E-state index contributed by atoms with van der Waals surface area (Å²) in [5.74, 6) is 1.12. The third kappa shape index (κ3) is 2.22. The minimum Gasteiger partial charge on any atom is -0.508 e. The van der Waals surface area contributed by atoms with Crippen molar-refractivity contribution in [2.45, 2.75) is 19.4 Å². The molecule has 17 heavy (non-hydrogen) atoms. The van der Waals surface area contributed by atoms with Crippen LogP contribution in [0.5, 0.6) is 5.75 Å². The molecule has 88 valence electrons. The maximum absolute atomic E-state index is 9.37. The van der Waals surface area contributed by atoms with E-state index in [9.17, 15) is 5.11 Å². The molecule has 0 atom stereocenters. The number of rotatable bonds is 2. The molecule has 0 bridgehead atoms. The number of phenolic OH excluding ortho intramolecular Hbond substituents is 1. The number of aromatic hydroxyl groups is 1. The standard InChI is InChI=1S/C13H15N3O/c17-11-3-4-12-10(7-11)8-14-13(15-12)9-16-5-1-2-6-16/h3-4,7-8,17H,1-2,5-6,9H2. The van der Waals surface area contributed by atoms with Crippen molar-refractivity contribution in [3.05, 3.63) is 30.2 Å². The summed E-state index contributed by atoms with van der Waals surface area (Å²) in [6.45, 7) is 3.13. The van der Waals surface area contributed by atoms with Crippen molar-refractivity contribution in [2.75, 3.05) is 13.1 Å². The van der Waals surface area contributed by atoms with E-state index in [1.54, 1.807) is 18.3 Å². The second kappa shape index (κ2) is 4.30. The van der Waals surface area contributed by atoms with E-state index in [-0.39, 0.29) is 5.75 Å². The average molecular weight is 229 g/mol. The molecule has 1 aromatic heterocycles. The summed E-state index contributed by atoms with van der Waals surface area (Å²) in [6.07, 6.45) is 4.34. The molecule has 0 aliphatic carbocycles. The monoisotopic (exact) mass is 229 g/mol. The third-order valence-electron chi connectivity index (χ3n) is 3.18. The lowest BCUT2D eigenvalue weighted by Gasteiger charge is -2.13. The van der Waals surface area contributed by atoms with Crippen LogP contribution in [-0.4, -0.2) is 33.1 Å². The normalized spacial score (nSPS) is 16.7. The molecule has 0 unspecified atom stereocenters. The highest BCUT2D eigenvalue weighted by Crippen LogP contribution is 2.18. The van der Waals surface area contributed by atoms with Crippen LogP contribution in [0.15, 0.2) is 24.4 Å². The molecule has 3 rings (SSSR count). The van der Waals surface area contributed by atoms with Crippen LogP contribution in [0.3, 0.4) is 0 Å². The lowest BCUT2D eigenvalue weighted by Crippen LogP contribution is -2.19. The summed E-state index contributed by atoms with van der Waals surface area (Å²) in [4.78, 5) is 11.2. The zero-order valence-electron chi connectivity index (χ0n) is 9.63. The third-order valence-corrected chi connectivity index (χ3v) is 3.18. The van der Waals surface area contributed by atoms with Crippen LogP contribution in [0.25, 0.3) is 10.9 Å². The van der Waals surface area contributed by atoms with Gasteiger partial charge >= 0.3 is 0 Å². The minimum absolute atomic E-state index is 0.258. The van der Waals surface area contributed by atoms with Gasteiger partial charge in [-0.05, 0) is 44.1 Å². The zero-order valence-corrected chi connectivity index (χ0v) is 9.63. The number of hydrogen-bond acceptors (Lipinski definition) is 4. The first-order chi connectivity index (χ1) is 8.31. The van der Waals surface area contributed by atoms with E-state index in [1.807, 2.05) is 6.07 Å². The van der Waals surface area contributed by atoms with E-state index < -0.39 is 0 Å². The van der Waals surface area contributed by atoms with Gasteiger partial charge in [0, 0.05) is 11.6 Å². The van der Waals surface area contributed by atoms with Crippen LogP contribution in [0, 0.1) is 0 Å². The van der Waals surface area contributed by atoms with Crippen LogP contribution >= 0.6 is 0 Å². The quantitative estimate of drug-likeness (QED) is 0.855. The van der Waals surface area contributed by atoms with Gasteiger partial charge in [0.1, 0.15) is 11.6 Å². The second-order valence-electron chi connectivity index (χ2n) is 4.51. The highest BCUT2D eigenvalue weighted by atomic mass is 16.3. The maximum atomic E-state index is 9.37. The second-order valence-corrected chi connectivity index (χ2v) is 4.51. The molecule has 0 saturated carbocycles. The molecule has 4 heteroatoms. The Hall–Kier alpha value is -1.68. The van der Waals surface area contributed by atoms with Crippen LogP contribution in [0.1, 0.15) is 18.7 Å². The fourth-order valence-electron chi connectivity index (χ4n) is 2.28. The number of aromatic nitrogens is 2. The van der Waals surface area contributed by atoms with Crippen LogP contribution in [0.2, 0.25) is 0 Å². The largest absolute Gasteiger partial charge is 0.508 e. The van der Waals surface area contributed by atoms with Gasteiger partial charge < -0.3 is 5.11 Å². The molecule has 2 heterocycles. The lowest BCUT2D eigenvalue weighted by molar-refractivity contribution is 0.323. The highest BCUT2D eigenvalue weighted by Gasteiger charge is 2.13. The van der Waals surface area contributed by atoms with Gasteiger partial charge in [-0.15, -0.1) is 0 Å². The summed E-state index contributed by atoms with van der Waals surface area (Å²) in [5, 5.41) is 10.2. The van der Waals surface area contributed by atoms with Crippen molar-refractivity contribution in [2.24, 2.45) is 0 Å². The van der Waals surface area contributed by atoms with E-state index in [0.717, 1.165) is 36.4 Å². The molecule has 1 fully saturated rings. The number of phenols is 1. The molecule has 2 aromatic rings. The van der Waals surface area contributed by atoms with Gasteiger partial charge in [-0.1, -0.05) is 0 Å². The first-order valence-electron chi connectivity index (χ1n) is 5.98. The first-order valence-corrected chi connectivity index (χ1v) is 5.98. The Kier molecular flexibility index (Phi) is 2.65. The predicted octanol–water partition coefficient (Wildman–Crippen LogP) is 1.93. The van der Waals surface area contributed by atoms with Crippen LogP contribution in [-0.2, 0) is 6.54 Å². The van der Waals surface area contributed by atoms with Gasteiger partial charge in [-0.2, -0.15) is 0 Å². The number of hydrogen-bond donors (Lipinski definition) is 1. The Labute approximate surface area is 99.9 Å². The molecule has 1 aliphatic rings. The van der Waals surface area contributed by atoms with Gasteiger partial charge in [-0.3, -0.25) is 4.90 Å². The van der Waals surface area contributed by atoms with E-state index in [4.69, 9.17) is 0 Å². The van der Waals surface area contributed by atoms with E-state index >= 15 is 0 Å². The SMILES string of the molecule is Oc1ccc2nc(CN3CCCC3)ncc2c1. The van der Waals surface area contributed by atoms with Crippen molar-refractivity contribution in [3.8, 4) is 5.75 Å². The Morgan fingerprint density at radius 3 is 2.88 bits per heavy atom. The Morgan fingerprint density at radius 2 is 2.06 bits per heavy atom. The van der Waals surface area contributed by atoms with Crippen LogP contribution < -0.4 is 0 Å². The van der Waals surface area contributed by atoms with E-state index in [1.165, 1.54) is 12.8 Å². The Bertz CT molecular complexity index is 535. The van der Waals surface area contributed by atoms with Gasteiger partial charge in [0.25, 0.3) is 0 Å². The topological polar surface area (TPSA) is 49.3 Å². The van der Waals surface area contributed by atoms with Gasteiger partial charge in [0.2, 0.25) is 0 Å². The number of fused-ring (bicyclic) bond motifs is 1. The summed E-state index contributed by atoms with van der Waals surface area (Å²) < 4.78 is 0.